The van der Waals surface area contributed by atoms with Crippen LogP contribution in [0.25, 0.3) is 0 Å². The highest BCUT2D eigenvalue weighted by Crippen LogP contribution is 2.31. The van der Waals surface area contributed by atoms with E-state index in [1.165, 1.54) is 0 Å². The van der Waals surface area contributed by atoms with Gasteiger partial charge in [0, 0.05) is 0 Å². The molecule has 0 aromatic rings. The third-order valence-electron chi connectivity index (χ3n) is 3.83. The van der Waals surface area contributed by atoms with E-state index in [2.05, 4.69) is 26.8 Å². The fraction of sp³-hybridized carbons (Fsp3) is 0.800. The number of hydrogen-bond acceptors (Lipinski definition) is 2. The number of aliphatic hydroxyl groups is 1. The molecule has 2 nitrogen and oxygen atoms in total. The van der Waals surface area contributed by atoms with Gasteiger partial charge in [-0.05, 0) is 55.4 Å². The topological polar surface area (TPSA) is 37.3 Å². The second kappa shape index (κ2) is 6.95. The summed E-state index contributed by atoms with van der Waals surface area (Å²) in [4.78, 5) is 10.6. The molecular formula is C15H26O2. The van der Waals surface area contributed by atoms with E-state index in [1.54, 1.807) is 0 Å². The zero-order valence-electron chi connectivity index (χ0n) is 11.4. The molecular weight excluding hydrogens is 212 g/mol. The van der Waals surface area contributed by atoms with E-state index in [4.69, 9.17) is 0 Å². The zero-order valence-corrected chi connectivity index (χ0v) is 11.4. The SMILES string of the molecule is CC(C)CC(O)CC(C)C1CC=C(C=O)CC1. The number of rotatable bonds is 6. The van der Waals surface area contributed by atoms with E-state index < -0.39 is 0 Å². The molecule has 0 radical (unpaired) electrons. The molecule has 0 bridgehead atoms. The van der Waals surface area contributed by atoms with Crippen LogP contribution in [0.2, 0.25) is 0 Å². The molecule has 98 valence electrons. The summed E-state index contributed by atoms with van der Waals surface area (Å²) >= 11 is 0. The van der Waals surface area contributed by atoms with E-state index in [0.29, 0.717) is 17.8 Å². The fourth-order valence-corrected chi connectivity index (χ4v) is 2.76. The normalized spacial score (nSPS) is 24.3. The van der Waals surface area contributed by atoms with Crippen molar-refractivity contribution in [2.75, 3.05) is 0 Å². The Morgan fingerprint density at radius 2 is 2.12 bits per heavy atom. The predicted molar refractivity (Wildman–Crippen MR) is 70.7 cm³/mol. The van der Waals surface area contributed by atoms with E-state index in [1.807, 2.05) is 0 Å². The van der Waals surface area contributed by atoms with Crippen LogP contribution in [0.5, 0.6) is 0 Å². The first-order chi connectivity index (χ1) is 8.02. The smallest absolute Gasteiger partial charge is 0.145 e. The lowest BCUT2D eigenvalue weighted by Crippen LogP contribution is -2.21. The molecule has 1 aliphatic carbocycles. The number of aliphatic hydroxyl groups excluding tert-OH is 1. The highest BCUT2D eigenvalue weighted by Gasteiger charge is 2.22. The number of carbonyl (C=O) groups excluding carboxylic acids is 1. The van der Waals surface area contributed by atoms with Crippen molar-refractivity contribution in [2.24, 2.45) is 17.8 Å². The fourth-order valence-electron chi connectivity index (χ4n) is 2.76. The summed E-state index contributed by atoms with van der Waals surface area (Å²) in [5, 5.41) is 9.95. The van der Waals surface area contributed by atoms with Crippen LogP contribution in [0.1, 0.15) is 52.9 Å². The summed E-state index contributed by atoms with van der Waals surface area (Å²) in [7, 11) is 0. The number of aldehydes is 1. The summed E-state index contributed by atoms with van der Waals surface area (Å²) in [6, 6.07) is 0. The Kier molecular flexibility index (Phi) is 5.90. The van der Waals surface area contributed by atoms with E-state index in [-0.39, 0.29) is 6.10 Å². The average molecular weight is 238 g/mol. The Morgan fingerprint density at radius 1 is 1.41 bits per heavy atom. The van der Waals surface area contributed by atoms with Crippen LogP contribution in [0.4, 0.5) is 0 Å². The lowest BCUT2D eigenvalue weighted by Gasteiger charge is -2.28. The van der Waals surface area contributed by atoms with E-state index in [0.717, 1.165) is 44.0 Å². The molecule has 0 spiro atoms. The first kappa shape index (κ1) is 14.4. The summed E-state index contributed by atoms with van der Waals surface area (Å²) in [6.45, 7) is 6.52. The van der Waals surface area contributed by atoms with Gasteiger partial charge < -0.3 is 5.11 Å². The second-order valence-electron chi connectivity index (χ2n) is 5.93. The van der Waals surface area contributed by atoms with Gasteiger partial charge in [-0.1, -0.05) is 26.8 Å². The van der Waals surface area contributed by atoms with Crippen molar-refractivity contribution in [1.82, 2.24) is 0 Å². The molecule has 0 heterocycles. The number of hydrogen-bond donors (Lipinski definition) is 1. The average Bonchev–Trinajstić information content (AvgIpc) is 2.28. The van der Waals surface area contributed by atoms with Crippen LogP contribution >= 0.6 is 0 Å². The number of allylic oxidation sites excluding steroid dienone is 2. The minimum absolute atomic E-state index is 0.165. The van der Waals surface area contributed by atoms with Crippen molar-refractivity contribution in [3.8, 4) is 0 Å². The van der Waals surface area contributed by atoms with Gasteiger partial charge in [-0.2, -0.15) is 0 Å². The maximum Gasteiger partial charge on any atom is 0.145 e. The van der Waals surface area contributed by atoms with Gasteiger partial charge in [-0.3, -0.25) is 4.79 Å². The predicted octanol–water partition coefficient (Wildman–Crippen LogP) is 3.35. The summed E-state index contributed by atoms with van der Waals surface area (Å²) < 4.78 is 0. The van der Waals surface area contributed by atoms with Gasteiger partial charge in [0.05, 0.1) is 6.10 Å². The maximum atomic E-state index is 10.6. The lowest BCUT2D eigenvalue weighted by atomic mass is 9.79. The van der Waals surface area contributed by atoms with Crippen molar-refractivity contribution in [2.45, 2.75) is 59.0 Å². The Balaban J connectivity index is 2.36. The Hall–Kier alpha value is -0.630. The third-order valence-corrected chi connectivity index (χ3v) is 3.83. The molecule has 17 heavy (non-hydrogen) atoms. The highest BCUT2D eigenvalue weighted by atomic mass is 16.3. The standard InChI is InChI=1S/C15H26O2/c1-11(2)8-15(17)9-12(3)14-6-4-13(10-16)5-7-14/h4,10-12,14-15,17H,5-9H2,1-3H3. The highest BCUT2D eigenvalue weighted by molar-refractivity contribution is 5.73. The molecule has 1 N–H and O–H groups in total. The molecule has 3 atom stereocenters. The minimum atomic E-state index is -0.165. The first-order valence-electron chi connectivity index (χ1n) is 6.85. The third kappa shape index (κ3) is 5.03. The number of carbonyl (C=O) groups is 1. The van der Waals surface area contributed by atoms with Crippen molar-refractivity contribution < 1.29 is 9.90 Å². The zero-order chi connectivity index (χ0) is 12.8. The van der Waals surface area contributed by atoms with Gasteiger partial charge in [-0.25, -0.2) is 0 Å². The monoisotopic (exact) mass is 238 g/mol. The Labute approximate surface area is 105 Å². The van der Waals surface area contributed by atoms with Crippen LogP contribution in [-0.2, 0) is 4.79 Å². The maximum absolute atomic E-state index is 10.6. The molecule has 0 fully saturated rings. The lowest BCUT2D eigenvalue weighted by molar-refractivity contribution is -0.105. The van der Waals surface area contributed by atoms with Crippen LogP contribution in [0, 0.1) is 17.8 Å². The van der Waals surface area contributed by atoms with Crippen LogP contribution in [-0.4, -0.2) is 17.5 Å². The molecule has 2 heteroatoms. The van der Waals surface area contributed by atoms with Crippen molar-refractivity contribution in [3.63, 3.8) is 0 Å². The second-order valence-corrected chi connectivity index (χ2v) is 5.93. The molecule has 0 amide bonds. The summed E-state index contributed by atoms with van der Waals surface area (Å²) in [5.41, 5.74) is 0.955. The molecule has 1 aliphatic rings. The summed E-state index contributed by atoms with van der Waals surface area (Å²) in [5.74, 6) is 1.75. The largest absolute Gasteiger partial charge is 0.393 e. The molecule has 0 saturated carbocycles. The Morgan fingerprint density at radius 3 is 2.59 bits per heavy atom. The van der Waals surface area contributed by atoms with Gasteiger partial charge in [0.1, 0.15) is 6.29 Å². The van der Waals surface area contributed by atoms with Gasteiger partial charge in [0.2, 0.25) is 0 Å². The first-order valence-corrected chi connectivity index (χ1v) is 6.85. The van der Waals surface area contributed by atoms with Gasteiger partial charge in [0.25, 0.3) is 0 Å². The molecule has 0 aromatic heterocycles. The van der Waals surface area contributed by atoms with Gasteiger partial charge >= 0.3 is 0 Å². The quantitative estimate of drug-likeness (QED) is 0.721. The molecule has 1 rings (SSSR count). The van der Waals surface area contributed by atoms with E-state index in [9.17, 15) is 9.90 Å². The van der Waals surface area contributed by atoms with Crippen molar-refractivity contribution >= 4 is 6.29 Å². The minimum Gasteiger partial charge on any atom is -0.393 e. The summed E-state index contributed by atoms with van der Waals surface area (Å²) in [6.07, 6.45) is 7.70. The van der Waals surface area contributed by atoms with Crippen molar-refractivity contribution in [3.05, 3.63) is 11.6 Å². The van der Waals surface area contributed by atoms with E-state index >= 15 is 0 Å². The Bertz CT molecular complexity index is 268. The molecule has 0 aliphatic heterocycles. The molecule has 0 saturated heterocycles. The van der Waals surface area contributed by atoms with Crippen LogP contribution < -0.4 is 0 Å². The van der Waals surface area contributed by atoms with Crippen LogP contribution in [0.15, 0.2) is 11.6 Å². The molecule has 3 unspecified atom stereocenters. The van der Waals surface area contributed by atoms with Gasteiger partial charge in [-0.15, -0.1) is 0 Å². The molecule has 0 aromatic carbocycles. The van der Waals surface area contributed by atoms with Crippen LogP contribution in [0.3, 0.4) is 0 Å². The van der Waals surface area contributed by atoms with Crippen molar-refractivity contribution in [1.29, 1.82) is 0 Å². The van der Waals surface area contributed by atoms with Gasteiger partial charge in [0.15, 0.2) is 0 Å².